The SMILES string of the molecule is CCC1(C(=O)N(CCOC)C(C)C2CC2)CCCN1. The number of hydrogen-bond acceptors (Lipinski definition) is 3. The monoisotopic (exact) mass is 268 g/mol. The second-order valence-corrected chi connectivity index (χ2v) is 6.04. The van der Waals surface area contributed by atoms with Crippen LogP contribution in [0.3, 0.4) is 0 Å². The van der Waals surface area contributed by atoms with Gasteiger partial charge in [0.25, 0.3) is 0 Å². The number of methoxy groups -OCH3 is 1. The lowest BCUT2D eigenvalue weighted by molar-refractivity contribution is -0.141. The second-order valence-electron chi connectivity index (χ2n) is 6.04. The first-order valence-electron chi connectivity index (χ1n) is 7.69. The number of hydrogen-bond donors (Lipinski definition) is 1. The normalized spacial score (nSPS) is 28.4. The van der Waals surface area contributed by atoms with Gasteiger partial charge in [0.05, 0.1) is 12.1 Å². The van der Waals surface area contributed by atoms with Gasteiger partial charge in [0.15, 0.2) is 0 Å². The third kappa shape index (κ3) is 3.11. The summed E-state index contributed by atoms with van der Waals surface area (Å²) in [6, 6.07) is 0.355. The number of carbonyl (C=O) groups excluding carboxylic acids is 1. The van der Waals surface area contributed by atoms with Crippen molar-refractivity contribution >= 4 is 5.91 Å². The zero-order valence-electron chi connectivity index (χ0n) is 12.6. The third-order valence-corrected chi connectivity index (χ3v) is 4.85. The Hall–Kier alpha value is -0.610. The average Bonchev–Trinajstić information content (AvgIpc) is 3.16. The van der Waals surface area contributed by atoms with Crippen LogP contribution >= 0.6 is 0 Å². The van der Waals surface area contributed by atoms with Crippen molar-refractivity contribution in [2.24, 2.45) is 5.92 Å². The minimum absolute atomic E-state index is 0.295. The van der Waals surface area contributed by atoms with Gasteiger partial charge in [0.1, 0.15) is 0 Å². The maximum atomic E-state index is 13.0. The summed E-state index contributed by atoms with van der Waals surface area (Å²) in [5, 5.41) is 3.46. The predicted molar refractivity (Wildman–Crippen MR) is 76.0 cm³/mol. The molecule has 2 fully saturated rings. The molecule has 2 unspecified atom stereocenters. The van der Waals surface area contributed by atoms with Crippen molar-refractivity contribution in [2.75, 3.05) is 26.8 Å². The van der Waals surface area contributed by atoms with Crippen LogP contribution in [-0.4, -0.2) is 49.2 Å². The molecule has 1 aliphatic carbocycles. The summed E-state index contributed by atoms with van der Waals surface area (Å²) in [5.41, 5.74) is -0.309. The summed E-state index contributed by atoms with van der Waals surface area (Å²) in [6.45, 7) is 6.63. The van der Waals surface area contributed by atoms with Crippen molar-refractivity contribution in [1.82, 2.24) is 10.2 Å². The number of ether oxygens (including phenoxy) is 1. The topological polar surface area (TPSA) is 41.6 Å². The van der Waals surface area contributed by atoms with E-state index in [0.717, 1.165) is 32.4 Å². The lowest BCUT2D eigenvalue weighted by Crippen LogP contribution is -2.57. The van der Waals surface area contributed by atoms with Gasteiger partial charge in [-0.05, 0) is 51.5 Å². The fourth-order valence-corrected chi connectivity index (χ4v) is 3.23. The molecule has 0 bridgehead atoms. The molecular weight excluding hydrogens is 240 g/mol. The van der Waals surface area contributed by atoms with Crippen molar-refractivity contribution in [3.8, 4) is 0 Å². The van der Waals surface area contributed by atoms with Crippen LogP contribution < -0.4 is 5.32 Å². The van der Waals surface area contributed by atoms with E-state index in [2.05, 4.69) is 24.1 Å². The molecule has 1 amide bonds. The van der Waals surface area contributed by atoms with E-state index in [1.807, 2.05) is 0 Å². The molecule has 1 aliphatic heterocycles. The van der Waals surface area contributed by atoms with Crippen molar-refractivity contribution in [2.45, 2.75) is 57.5 Å². The van der Waals surface area contributed by atoms with Crippen LogP contribution in [0.4, 0.5) is 0 Å². The summed E-state index contributed by atoms with van der Waals surface area (Å²) in [6.07, 6.45) is 5.50. The predicted octanol–water partition coefficient (Wildman–Crippen LogP) is 1.79. The number of nitrogens with one attached hydrogen (secondary N) is 1. The molecule has 0 spiro atoms. The summed E-state index contributed by atoms with van der Waals surface area (Å²) in [7, 11) is 1.70. The van der Waals surface area contributed by atoms with E-state index in [-0.39, 0.29) is 5.54 Å². The van der Waals surface area contributed by atoms with Gasteiger partial charge in [-0.2, -0.15) is 0 Å². The van der Waals surface area contributed by atoms with Gasteiger partial charge < -0.3 is 15.0 Å². The highest BCUT2D eigenvalue weighted by Crippen LogP contribution is 2.37. The lowest BCUT2D eigenvalue weighted by atomic mass is 9.91. The Morgan fingerprint density at radius 3 is 2.74 bits per heavy atom. The van der Waals surface area contributed by atoms with Gasteiger partial charge in [-0.15, -0.1) is 0 Å². The number of amides is 1. The molecule has 1 heterocycles. The van der Waals surface area contributed by atoms with E-state index < -0.39 is 0 Å². The molecule has 19 heavy (non-hydrogen) atoms. The minimum atomic E-state index is -0.309. The highest BCUT2D eigenvalue weighted by Gasteiger charge is 2.44. The second kappa shape index (κ2) is 6.23. The van der Waals surface area contributed by atoms with Crippen molar-refractivity contribution in [3.63, 3.8) is 0 Å². The zero-order chi connectivity index (χ0) is 13.9. The van der Waals surface area contributed by atoms with E-state index in [0.29, 0.717) is 24.5 Å². The van der Waals surface area contributed by atoms with E-state index in [9.17, 15) is 4.79 Å². The van der Waals surface area contributed by atoms with Crippen LogP contribution in [0, 0.1) is 5.92 Å². The molecule has 0 aromatic heterocycles. The summed E-state index contributed by atoms with van der Waals surface area (Å²) < 4.78 is 5.19. The minimum Gasteiger partial charge on any atom is -0.383 e. The quantitative estimate of drug-likeness (QED) is 0.765. The van der Waals surface area contributed by atoms with E-state index in [1.165, 1.54) is 12.8 Å². The summed E-state index contributed by atoms with van der Waals surface area (Å²) in [5.74, 6) is 1.00. The van der Waals surface area contributed by atoms with Crippen LogP contribution in [0.25, 0.3) is 0 Å². The van der Waals surface area contributed by atoms with Gasteiger partial charge >= 0.3 is 0 Å². The molecule has 1 saturated carbocycles. The van der Waals surface area contributed by atoms with Crippen LogP contribution in [0.1, 0.15) is 46.0 Å². The Morgan fingerprint density at radius 1 is 1.53 bits per heavy atom. The molecule has 110 valence electrons. The molecule has 1 saturated heterocycles. The molecule has 0 aromatic rings. The Balaban J connectivity index is 2.08. The summed E-state index contributed by atoms with van der Waals surface area (Å²) in [4.78, 5) is 15.1. The first-order chi connectivity index (χ1) is 9.14. The highest BCUT2D eigenvalue weighted by molar-refractivity contribution is 5.87. The lowest BCUT2D eigenvalue weighted by Gasteiger charge is -2.37. The van der Waals surface area contributed by atoms with E-state index in [4.69, 9.17) is 4.74 Å². The molecule has 1 N–H and O–H groups in total. The molecule has 4 heteroatoms. The molecule has 4 nitrogen and oxygen atoms in total. The molecule has 0 radical (unpaired) electrons. The maximum Gasteiger partial charge on any atom is 0.243 e. The number of rotatable bonds is 7. The molecule has 0 aromatic carbocycles. The Kier molecular flexibility index (Phi) is 4.85. The molecule has 2 atom stereocenters. The summed E-state index contributed by atoms with van der Waals surface area (Å²) >= 11 is 0. The van der Waals surface area contributed by atoms with Gasteiger partial charge in [0.2, 0.25) is 5.91 Å². The fraction of sp³-hybridized carbons (Fsp3) is 0.933. The van der Waals surface area contributed by atoms with Crippen LogP contribution in [-0.2, 0) is 9.53 Å². The van der Waals surface area contributed by atoms with E-state index in [1.54, 1.807) is 7.11 Å². The molecular formula is C15H28N2O2. The number of nitrogens with zero attached hydrogens (tertiary/aromatic N) is 1. The first kappa shape index (κ1) is 14.8. The van der Waals surface area contributed by atoms with Gasteiger partial charge in [-0.25, -0.2) is 0 Å². The van der Waals surface area contributed by atoms with Crippen LogP contribution in [0.5, 0.6) is 0 Å². The smallest absolute Gasteiger partial charge is 0.243 e. The number of carbonyl (C=O) groups is 1. The van der Waals surface area contributed by atoms with E-state index >= 15 is 0 Å². The molecule has 2 aliphatic rings. The van der Waals surface area contributed by atoms with Crippen molar-refractivity contribution in [3.05, 3.63) is 0 Å². The Labute approximate surface area is 116 Å². The standard InChI is InChI=1S/C15H28N2O2/c1-4-15(8-5-9-16-15)14(18)17(10-11-19-3)12(2)13-6-7-13/h12-13,16H,4-11H2,1-3H3. The first-order valence-corrected chi connectivity index (χ1v) is 7.69. The van der Waals surface area contributed by atoms with Gasteiger partial charge in [-0.3, -0.25) is 4.79 Å². The maximum absolute atomic E-state index is 13.0. The highest BCUT2D eigenvalue weighted by atomic mass is 16.5. The Bertz CT molecular complexity index is 309. The van der Waals surface area contributed by atoms with Gasteiger partial charge in [0, 0.05) is 19.7 Å². The van der Waals surface area contributed by atoms with Gasteiger partial charge in [-0.1, -0.05) is 6.92 Å². The average molecular weight is 268 g/mol. The van der Waals surface area contributed by atoms with Crippen molar-refractivity contribution < 1.29 is 9.53 Å². The third-order valence-electron chi connectivity index (χ3n) is 4.85. The Morgan fingerprint density at radius 2 is 2.26 bits per heavy atom. The zero-order valence-corrected chi connectivity index (χ0v) is 12.6. The molecule has 2 rings (SSSR count). The fourth-order valence-electron chi connectivity index (χ4n) is 3.23. The van der Waals surface area contributed by atoms with Crippen molar-refractivity contribution in [1.29, 1.82) is 0 Å². The van der Waals surface area contributed by atoms with Crippen LogP contribution in [0.15, 0.2) is 0 Å². The van der Waals surface area contributed by atoms with Crippen LogP contribution in [0.2, 0.25) is 0 Å². The largest absolute Gasteiger partial charge is 0.383 e.